The maximum absolute atomic E-state index is 11.8. The van der Waals surface area contributed by atoms with E-state index in [2.05, 4.69) is 29.6 Å². The first-order valence-corrected chi connectivity index (χ1v) is 19.3. The van der Waals surface area contributed by atoms with Gasteiger partial charge in [-0.1, -0.05) is 50.0 Å². The third-order valence-electron chi connectivity index (χ3n) is 7.91. The number of ether oxygens (including phenoxy) is 3. The lowest BCUT2D eigenvalue weighted by Crippen LogP contribution is -2.22. The van der Waals surface area contributed by atoms with Gasteiger partial charge in [0.25, 0.3) is 0 Å². The first-order valence-electron chi connectivity index (χ1n) is 15.6. The fraction of sp³-hybridized carbons (Fsp3) is 0.222. The molecule has 11 nitrogen and oxygen atoms in total. The molecule has 0 atom stereocenters. The van der Waals surface area contributed by atoms with Gasteiger partial charge < -0.3 is 29.6 Å². The highest BCUT2D eigenvalue weighted by Gasteiger charge is 2.20. The minimum absolute atomic E-state index is 0.113. The van der Waals surface area contributed by atoms with Crippen molar-refractivity contribution in [1.82, 2.24) is 19.1 Å². The summed E-state index contributed by atoms with van der Waals surface area (Å²) in [6.07, 6.45) is 1.56. The third kappa shape index (κ3) is 7.40. The molecule has 3 aromatic heterocycles. The molecule has 3 heterocycles. The second kappa shape index (κ2) is 13.7. The van der Waals surface area contributed by atoms with E-state index in [0.29, 0.717) is 52.3 Å². The van der Waals surface area contributed by atoms with Gasteiger partial charge in [0.05, 0.1) is 23.0 Å². The van der Waals surface area contributed by atoms with E-state index in [1.807, 2.05) is 65.2 Å². The summed E-state index contributed by atoms with van der Waals surface area (Å²) < 4.78 is 21.6. The highest BCUT2D eigenvalue weighted by Crippen LogP contribution is 2.36. The van der Waals surface area contributed by atoms with Crippen LogP contribution in [0, 0.1) is 0 Å². The Hall–Kier alpha value is -5.46. The number of hydrogen-bond acceptors (Lipinski definition) is 7. The van der Waals surface area contributed by atoms with E-state index in [1.165, 1.54) is 12.5 Å². The summed E-state index contributed by atoms with van der Waals surface area (Å²) in [5, 5.41) is 10.9. The Labute approximate surface area is 278 Å². The highest BCUT2D eigenvalue weighted by molar-refractivity contribution is 6.76. The van der Waals surface area contributed by atoms with Crippen LogP contribution in [0.2, 0.25) is 25.7 Å². The summed E-state index contributed by atoms with van der Waals surface area (Å²) in [7, 11) is -1.29. The molecule has 3 aromatic carbocycles. The van der Waals surface area contributed by atoms with Crippen LogP contribution in [0.4, 0.5) is 4.79 Å². The molecule has 6 aromatic rings. The number of carbonyl (C=O) groups is 2. The maximum atomic E-state index is 11.8. The molecule has 0 saturated carbocycles. The van der Waals surface area contributed by atoms with Gasteiger partial charge in [0, 0.05) is 26.3 Å². The fourth-order valence-electron chi connectivity index (χ4n) is 5.43. The van der Waals surface area contributed by atoms with Crippen LogP contribution in [0.25, 0.3) is 33.2 Å². The summed E-state index contributed by atoms with van der Waals surface area (Å²) >= 11 is 0. The van der Waals surface area contributed by atoms with E-state index in [0.717, 1.165) is 33.2 Å². The van der Waals surface area contributed by atoms with Gasteiger partial charge in [-0.15, -0.1) is 0 Å². The number of carboxylic acid groups (broad SMARTS) is 1. The van der Waals surface area contributed by atoms with Gasteiger partial charge in [-0.25, -0.2) is 14.8 Å². The van der Waals surface area contributed by atoms with Crippen molar-refractivity contribution in [2.75, 3.05) is 6.61 Å². The molecule has 246 valence electrons. The quantitative estimate of drug-likeness (QED) is 0.0969. The van der Waals surface area contributed by atoms with Crippen molar-refractivity contribution in [2.45, 2.75) is 45.4 Å². The van der Waals surface area contributed by atoms with Crippen LogP contribution in [0.1, 0.15) is 11.1 Å². The van der Waals surface area contributed by atoms with Crippen LogP contribution >= 0.6 is 0 Å². The summed E-state index contributed by atoms with van der Waals surface area (Å²) in [6, 6.07) is 25.9. The van der Waals surface area contributed by atoms with Crippen molar-refractivity contribution in [3.8, 4) is 28.6 Å². The van der Waals surface area contributed by atoms with Crippen molar-refractivity contribution >= 4 is 42.0 Å². The number of nitrogens with zero attached hydrogens (tertiary/aromatic N) is 4. The summed E-state index contributed by atoms with van der Waals surface area (Å²) in [5.41, 5.74) is 9.88. The molecule has 0 radical (unpaired) electrons. The molecule has 0 unspecified atom stereocenters. The zero-order chi connectivity index (χ0) is 33.8. The molecule has 0 bridgehead atoms. The second-order valence-electron chi connectivity index (χ2n) is 12.8. The minimum Gasteiger partial charge on any atom is -0.489 e. The summed E-state index contributed by atoms with van der Waals surface area (Å²) in [5.74, 6) is 0.915. The minimum atomic E-state index is -1.29. The lowest BCUT2D eigenvalue weighted by atomic mass is 10.1. The lowest BCUT2D eigenvalue weighted by Gasteiger charge is -2.17. The average Bonchev–Trinajstić information content (AvgIpc) is 3.61. The smallest absolute Gasteiger partial charge is 0.416 e. The Bertz CT molecular complexity index is 2080. The lowest BCUT2D eigenvalue weighted by molar-refractivity contribution is -0.117. The normalized spacial score (nSPS) is 11.6. The fourth-order valence-corrected chi connectivity index (χ4v) is 6.19. The molecular formula is C36H37N5O6Si. The van der Waals surface area contributed by atoms with Gasteiger partial charge in [0.1, 0.15) is 36.8 Å². The second-order valence-corrected chi connectivity index (χ2v) is 18.4. The van der Waals surface area contributed by atoms with E-state index in [9.17, 15) is 14.7 Å². The Morgan fingerprint density at radius 2 is 1.67 bits per heavy atom. The molecule has 6 rings (SSSR count). The predicted molar refractivity (Wildman–Crippen MR) is 186 cm³/mol. The van der Waals surface area contributed by atoms with Gasteiger partial charge in [0.2, 0.25) is 11.8 Å². The number of hydrogen-bond donors (Lipinski definition) is 2. The first-order chi connectivity index (χ1) is 23.1. The van der Waals surface area contributed by atoms with Gasteiger partial charge in [-0.3, -0.25) is 9.36 Å². The van der Waals surface area contributed by atoms with Crippen LogP contribution in [0.15, 0.2) is 91.4 Å². The number of rotatable bonds is 13. The van der Waals surface area contributed by atoms with Crippen molar-refractivity contribution in [3.63, 3.8) is 0 Å². The van der Waals surface area contributed by atoms with Crippen LogP contribution < -0.4 is 15.2 Å². The average molecular weight is 664 g/mol. The number of fused-ring (bicyclic) bond motifs is 2. The molecule has 1 amide bonds. The van der Waals surface area contributed by atoms with Crippen LogP contribution in [0.3, 0.4) is 0 Å². The Kier molecular flexibility index (Phi) is 9.28. The van der Waals surface area contributed by atoms with Crippen molar-refractivity contribution in [1.29, 1.82) is 0 Å². The highest BCUT2D eigenvalue weighted by atomic mass is 28.3. The molecule has 12 heteroatoms. The monoisotopic (exact) mass is 663 g/mol. The molecule has 0 fully saturated rings. The van der Waals surface area contributed by atoms with E-state index < -0.39 is 20.1 Å². The molecule has 0 aliphatic rings. The number of primary amides is 1. The molecule has 0 aliphatic heterocycles. The van der Waals surface area contributed by atoms with Crippen LogP contribution in [-0.4, -0.2) is 50.9 Å². The van der Waals surface area contributed by atoms with Crippen LogP contribution in [-0.2, 0) is 29.3 Å². The maximum Gasteiger partial charge on any atom is 0.416 e. The van der Waals surface area contributed by atoms with E-state index in [1.54, 1.807) is 18.2 Å². The van der Waals surface area contributed by atoms with E-state index >= 15 is 0 Å². The van der Waals surface area contributed by atoms with Crippen molar-refractivity contribution in [2.24, 2.45) is 5.73 Å². The largest absolute Gasteiger partial charge is 0.489 e. The summed E-state index contributed by atoms with van der Waals surface area (Å²) in [6.45, 7) is 8.34. The number of carbonyl (C=O) groups excluding carboxylic acids is 1. The van der Waals surface area contributed by atoms with Gasteiger partial charge in [0.15, 0.2) is 0 Å². The molecule has 0 aliphatic carbocycles. The Morgan fingerprint density at radius 3 is 2.38 bits per heavy atom. The van der Waals surface area contributed by atoms with Crippen LogP contribution in [0.5, 0.6) is 17.4 Å². The predicted octanol–water partition coefficient (Wildman–Crippen LogP) is 7.29. The van der Waals surface area contributed by atoms with E-state index in [-0.39, 0.29) is 13.2 Å². The number of aromatic nitrogens is 4. The molecule has 3 N–H and O–H groups in total. The number of amides is 1. The first kappa shape index (κ1) is 32.5. The van der Waals surface area contributed by atoms with Crippen molar-refractivity contribution in [3.05, 3.63) is 103 Å². The number of benzene rings is 3. The zero-order valence-corrected chi connectivity index (χ0v) is 28.1. The zero-order valence-electron chi connectivity index (χ0n) is 27.1. The van der Waals surface area contributed by atoms with Gasteiger partial charge >= 0.3 is 6.09 Å². The van der Waals surface area contributed by atoms with E-state index in [4.69, 9.17) is 19.9 Å². The summed E-state index contributed by atoms with van der Waals surface area (Å²) in [4.78, 5) is 32.6. The molecule has 0 saturated heterocycles. The Morgan fingerprint density at radius 1 is 0.917 bits per heavy atom. The Balaban J connectivity index is 1.33. The standard InChI is InChI=1S/C36H37N5O6Si/c1-48(2,3)16-15-45-23-41-32(25-9-11-27(12-10-25)46-21-24-7-5-4-6-8-24)19-30-34(41)38-22-39-35(30)47-28-13-14-31-29(18-28)26(17-33(37)42)20-40(31)36(43)44/h4-14,18-20,22H,15-17,21,23H2,1-3H3,(H2,37,42)(H,43,44). The van der Waals surface area contributed by atoms with Gasteiger partial charge in [-0.2, -0.15) is 0 Å². The molecule has 48 heavy (non-hydrogen) atoms. The topological polar surface area (TPSA) is 144 Å². The number of nitrogens with two attached hydrogens (primary N) is 1. The van der Waals surface area contributed by atoms with Gasteiger partial charge in [-0.05, 0) is 71.3 Å². The van der Waals surface area contributed by atoms with Crippen molar-refractivity contribution < 1.29 is 28.9 Å². The SMILES string of the molecule is C[Si](C)(C)CCOCn1c(-c2ccc(OCc3ccccc3)cc2)cc2c(Oc3ccc4c(c3)c(CC(N)=O)cn4C(=O)O)ncnc21. The third-order valence-corrected chi connectivity index (χ3v) is 9.62. The molecule has 0 spiro atoms. The molecular weight excluding hydrogens is 627 g/mol.